The molecule has 1 rings (SSSR count). The van der Waals surface area contributed by atoms with Crippen LogP contribution in [-0.4, -0.2) is 67.3 Å². The third kappa shape index (κ3) is 5.74. The molecule has 1 aliphatic heterocycles. The quantitative estimate of drug-likeness (QED) is 0.433. The molecular weight excluding hydrogens is 256 g/mol. The highest BCUT2D eigenvalue weighted by molar-refractivity contribution is 6.60. The van der Waals surface area contributed by atoms with Crippen molar-refractivity contribution in [3.8, 4) is 0 Å². The van der Waals surface area contributed by atoms with Crippen molar-refractivity contribution in [2.24, 2.45) is 5.92 Å². The third-order valence-electron chi connectivity index (χ3n) is 2.74. The Kier molecular flexibility index (Phi) is 7.31. The third-order valence-corrected chi connectivity index (χ3v) is 5.83. The number of rotatable bonds is 11. The predicted octanol–water partition coefficient (Wildman–Crippen LogP) is 0.278. The largest absolute Gasteiger partial charge is 0.500 e. The molecule has 108 valence electrons. The van der Waals surface area contributed by atoms with E-state index >= 15 is 0 Å². The number of ether oxygens (including phenoxy) is 2. The normalized spacial score (nSPS) is 21.0. The average molecular weight is 280 g/mol. The van der Waals surface area contributed by atoms with Crippen LogP contribution < -0.4 is 0 Å². The minimum atomic E-state index is -2.66. The van der Waals surface area contributed by atoms with Crippen molar-refractivity contribution in [1.82, 2.24) is 0 Å². The summed E-state index contributed by atoms with van der Waals surface area (Å²) >= 11 is 0. The fourth-order valence-corrected chi connectivity index (χ4v) is 3.91. The zero-order valence-electron chi connectivity index (χ0n) is 11.4. The van der Waals surface area contributed by atoms with Gasteiger partial charge in [0, 0.05) is 26.9 Å². The van der Waals surface area contributed by atoms with Crippen LogP contribution in [0.15, 0.2) is 0 Å². The number of epoxide rings is 1. The Balaban J connectivity index is 2.27. The molecule has 0 spiro atoms. The molecule has 0 amide bonds. The molecule has 0 radical (unpaired) electrons. The highest BCUT2D eigenvalue weighted by Gasteiger charge is 2.40. The zero-order valence-corrected chi connectivity index (χ0v) is 12.4. The Hall–Kier alpha value is -0.0231. The van der Waals surface area contributed by atoms with E-state index in [0.717, 1.165) is 6.61 Å². The topological polar surface area (TPSA) is 69.7 Å². The molecule has 0 aromatic heterocycles. The Morgan fingerprint density at radius 3 is 2.56 bits per heavy atom. The van der Waals surface area contributed by atoms with Crippen molar-refractivity contribution in [2.45, 2.75) is 19.1 Å². The zero-order chi connectivity index (χ0) is 13.4. The molecular formula is C11H24O6Si. The van der Waals surface area contributed by atoms with Gasteiger partial charge in [-0.05, 0) is 5.92 Å². The highest BCUT2D eigenvalue weighted by atomic mass is 28.4. The first-order valence-electron chi connectivity index (χ1n) is 6.20. The molecule has 2 atom stereocenters. The molecule has 7 heteroatoms. The van der Waals surface area contributed by atoms with Gasteiger partial charge < -0.3 is 27.9 Å². The van der Waals surface area contributed by atoms with Crippen LogP contribution in [0, 0.1) is 5.92 Å². The first-order valence-corrected chi connectivity index (χ1v) is 8.13. The number of aliphatic hydroxyl groups is 1. The fraction of sp³-hybridized carbons (Fsp3) is 1.00. The fourth-order valence-electron chi connectivity index (χ4n) is 1.68. The van der Waals surface area contributed by atoms with Crippen molar-refractivity contribution < 1.29 is 27.9 Å². The lowest BCUT2D eigenvalue weighted by Crippen LogP contribution is -2.46. The molecule has 1 saturated heterocycles. The molecule has 1 heterocycles. The van der Waals surface area contributed by atoms with Crippen LogP contribution in [0.2, 0.25) is 6.04 Å². The summed E-state index contributed by atoms with van der Waals surface area (Å²) in [5.74, 6) is 0.272. The second-order valence-corrected chi connectivity index (χ2v) is 7.34. The van der Waals surface area contributed by atoms with E-state index in [4.69, 9.17) is 27.9 Å². The molecule has 0 aromatic carbocycles. The smallest absolute Gasteiger partial charge is 0.394 e. The van der Waals surface area contributed by atoms with Gasteiger partial charge in [-0.3, -0.25) is 0 Å². The molecule has 18 heavy (non-hydrogen) atoms. The Labute approximate surface area is 109 Å². The Morgan fingerprint density at radius 2 is 2.06 bits per heavy atom. The summed E-state index contributed by atoms with van der Waals surface area (Å²) in [4.78, 5) is 0. The summed E-state index contributed by atoms with van der Waals surface area (Å²) in [6.07, 6.45) is 0.287. The minimum Gasteiger partial charge on any atom is -0.394 e. The maximum absolute atomic E-state index is 8.81. The molecule has 1 fully saturated rings. The van der Waals surface area contributed by atoms with Crippen molar-refractivity contribution in [3.63, 3.8) is 0 Å². The molecule has 1 aliphatic rings. The van der Waals surface area contributed by atoms with E-state index in [0.29, 0.717) is 19.3 Å². The predicted molar refractivity (Wildman–Crippen MR) is 67.3 cm³/mol. The molecule has 0 saturated carbocycles. The molecule has 0 bridgehead atoms. The Bertz CT molecular complexity index is 220. The summed E-state index contributed by atoms with van der Waals surface area (Å²) in [6, 6.07) is 0.672. The van der Waals surface area contributed by atoms with Gasteiger partial charge in [-0.25, -0.2) is 0 Å². The maximum atomic E-state index is 8.81. The average Bonchev–Trinajstić information content (AvgIpc) is 3.19. The van der Waals surface area contributed by atoms with Gasteiger partial charge in [0.05, 0.1) is 26.4 Å². The van der Waals surface area contributed by atoms with Crippen molar-refractivity contribution in [2.75, 3.05) is 47.3 Å². The second-order valence-electron chi connectivity index (χ2n) is 4.47. The van der Waals surface area contributed by atoms with E-state index in [9.17, 15) is 0 Å². The van der Waals surface area contributed by atoms with Gasteiger partial charge in [-0.1, -0.05) is 6.92 Å². The van der Waals surface area contributed by atoms with Gasteiger partial charge in [0.25, 0.3) is 0 Å². The van der Waals surface area contributed by atoms with E-state index in [1.807, 2.05) is 0 Å². The maximum Gasteiger partial charge on any atom is 0.500 e. The van der Waals surface area contributed by atoms with Crippen LogP contribution in [0.3, 0.4) is 0 Å². The monoisotopic (exact) mass is 280 g/mol. The molecule has 6 nitrogen and oxygen atoms in total. The van der Waals surface area contributed by atoms with Gasteiger partial charge in [0.1, 0.15) is 6.10 Å². The van der Waals surface area contributed by atoms with E-state index < -0.39 is 8.80 Å². The van der Waals surface area contributed by atoms with Gasteiger partial charge in [0.2, 0.25) is 0 Å². The van der Waals surface area contributed by atoms with Crippen LogP contribution in [-0.2, 0) is 22.8 Å². The van der Waals surface area contributed by atoms with E-state index in [2.05, 4.69) is 6.92 Å². The minimum absolute atomic E-state index is 0.0363. The van der Waals surface area contributed by atoms with Crippen molar-refractivity contribution >= 4 is 8.80 Å². The van der Waals surface area contributed by atoms with Crippen LogP contribution >= 0.6 is 0 Å². The summed E-state index contributed by atoms with van der Waals surface area (Å²) in [7, 11) is 0.504. The van der Waals surface area contributed by atoms with Gasteiger partial charge in [-0.2, -0.15) is 0 Å². The van der Waals surface area contributed by atoms with Crippen LogP contribution in [0.4, 0.5) is 0 Å². The van der Waals surface area contributed by atoms with Crippen molar-refractivity contribution in [1.29, 1.82) is 0 Å². The Morgan fingerprint density at radius 1 is 1.39 bits per heavy atom. The molecule has 2 unspecified atom stereocenters. The summed E-state index contributed by atoms with van der Waals surface area (Å²) < 4.78 is 27.0. The van der Waals surface area contributed by atoms with Crippen LogP contribution in [0.25, 0.3) is 0 Å². The second kappa shape index (κ2) is 8.21. The van der Waals surface area contributed by atoms with Crippen LogP contribution in [0.1, 0.15) is 6.92 Å². The van der Waals surface area contributed by atoms with E-state index in [1.54, 1.807) is 14.2 Å². The standard InChI is InChI=1S/C11H24O6Si/c1-10(6-15-7-11-8-16-11)9-18(13-2,14-3)17-5-4-12/h10-12H,4-9H2,1-3H3. The summed E-state index contributed by atoms with van der Waals surface area (Å²) in [5.41, 5.74) is 0. The SMILES string of the molecule is CO[Si](CC(C)COCC1CO1)(OC)OCCO. The lowest BCUT2D eigenvalue weighted by atomic mass is 10.2. The van der Waals surface area contributed by atoms with Crippen LogP contribution in [0.5, 0.6) is 0 Å². The summed E-state index contributed by atoms with van der Waals surface area (Å²) in [5, 5.41) is 8.81. The first kappa shape index (κ1) is 16.0. The number of hydrogen-bond acceptors (Lipinski definition) is 6. The molecule has 0 aromatic rings. The van der Waals surface area contributed by atoms with E-state index in [1.165, 1.54) is 0 Å². The first-order chi connectivity index (χ1) is 8.65. The highest BCUT2D eigenvalue weighted by Crippen LogP contribution is 2.20. The lowest BCUT2D eigenvalue weighted by Gasteiger charge is -2.28. The van der Waals surface area contributed by atoms with Gasteiger partial charge in [0.15, 0.2) is 0 Å². The van der Waals surface area contributed by atoms with Crippen molar-refractivity contribution in [3.05, 3.63) is 0 Å². The van der Waals surface area contributed by atoms with Gasteiger partial charge >= 0.3 is 8.80 Å². The van der Waals surface area contributed by atoms with E-state index in [-0.39, 0.29) is 25.2 Å². The number of hydrogen-bond donors (Lipinski definition) is 1. The number of aliphatic hydroxyl groups excluding tert-OH is 1. The van der Waals surface area contributed by atoms with Gasteiger partial charge in [-0.15, -0.1) is 0 Å². The lowest BCUT2D eigenvalue weighted by molar-refractivity contribution is 0.0605. The molecule has 0 aliphatic carbocycles. The molecule has 1 N–H and O–H groups in total. The summed E-state index contributed by atoms with van der Waals surface area (Å²) in [6.45, 7) is 4.35.